The topological polar surface area (TPSA) is 95.4 Å². The van der Waals surface area contributed by atoms with Gasteiger partial charge in [-0.05, 0) is 42.3 Å². The Morgan fingerprint density at radius 3 is 2.47 bits per heavy atom. The Labute approximate surface area is 188 Å². The summed E-state index contributed by atoms with van der Waals surface area (Å²) >= 11 is 0. The number of benzene rings is 1. The minimum Gasteiger partial charge on any atom is -0.394 e. The summed E-state index contributed by atoms with van der Waals surface area (Å²) in [6.07, 6.45) is 1.74. The smallest absolute Gasteiger partial charge is 0.225 e. The normalized spacial score (nSPS) is 14.9. The number of nitrogens with one attached hydrogen (secondary N) is 2. The van der Waals surface area contributed by atoms with Crippen LogP contribution in [0.1, 0.15) is 13.8 Å². The third kappa shape index (κ3) is 5.52. The molecule has 8 nitrogen and oxygen atoms in total. The van der Waals surface area contributed by atoms with Gasteiger partial charge in [0, 0.05) is 36.7 Å². The minimum atomic E-state index is -0.144. The molecule has 8 heteroatoms. The van der Waals surface area contributed by atoms with Crippen molar-refractivity contribution < 1.29 is 9.84 Å². The lowest BCUT2D eigenvalue weighted by atomic mass is 10.1. The van der Waals surface area contributed by atoms with Gasteiger partial charge in [0.1, 0.15) is 5.82 Å². The Kier molecular flexibility index (Phi) is 7.14. The van der Waals surface area contributed by atoms with Gasteiger partial charge in [-0.3, -0.25) is 4.98 Å². The van der Waals surface area contributed by atoms with Gasteiger partial charge in [-0.2, -0.15) is 4.98 Å². The first-order valence-corrected chi connectivity index (χ1v) is 11.0. The third-order valence-electron chi connectivity index (χ3n) is 5.49. The average Bonchev–Trinajstić information content (AvgIpc) is 2.84. The predicted molar refractivity (Wildman–Crippen MR) is 127 cm³/mol. The molecule has 0 unspecified atom stereocenters. The fraction of sp³-hybridized carbons (Fsp3) is 0.375. The Bertz CT molecular complexity index is 991. The Morgan fingerprint density at radius 1 is 1.03 bits per heavy atom. The van der Waals surface area contributed by atoms with Crippen LogP contribution in [0.2, 0.25) is 0 Å². The monoisotopic (exact) mass is 434 g/mol. The van der Waals surface area contributed by atoms with Crippen molar-refractivity contribution >= 4 is 23.1 Å². The van der Waals surface area contributed by atoms with Crippen LogP contribution in [0.5, 0.6) is 0 Å². The SMILES string of the molecule is CC(C)[C@@H](CO)Nc1nc(Nc2ccc(N3CCOCC3)cc2)cc(-c2ccccn2)n1. The van der Waals surface area contributed by atoms with Crippen molar-refractivity contribution in [2.45, 2.75) is 19.9 Å². The molecule has 0 aliphatic carbocycles. The summed E-state index contributed by atoms with van der Waals surface area (Å²) in [7, 11) is 0. The lowest BCUT2D eigenvalue weighted by molar-refractivity contribution is 0.122. The van der Waals surface area contributed by atoms with Crippen LogP contribution < -0.4 is 15.5 Å². The maximum absolute atomic E-state index is 9.72. The largest absolute Gasteiger partial charge is 0.394 e. The van der Waals surface area contributed by atoms with Crippen LogP contribution in [0.3, 0.4) is 0 Å². The molecule has 4 rings (SSSR count). The molecule has 1 aromatic carbocycles. The Balaban J connectivity index is 1.58. The minimum absolute atomic E-state index is 0.000600. The van der Waals surface area contributed by atoms with E-state index in [1.807, 2.05) is 50.2 Å². The van der Waals surface area contributed by atoms with Crippen molar-refractivity contribution in [2.24, 2.45) is 5.92 Å². The van der Waals surface area contributed by atoms with Gasteiger partial charge in [0.25, 0.3) is 0 Å². The zero-order valence-electron chi connectivity index (χ0n) is 18.5. The van der Waals surface area contributed by atoms with Crippen LogP contribution in [0.15, 0.2) is 54.7 Å². The summed E-state index contributed by atoms with van der Waals surface area (Å²) in [5, 5.41) is 16.4. The lowest BCUT2D eigenvalue weighted by Gasteiger charge is -2.28. The fourth-order valence-electron chi connectivity index (χ4n) is 3.54. The van der Waals surface area contributed by atoms with E-state index in [0.29, 0.717) is 17.5 Å². The van der Waals surface area contributed by atoms with E-state index in [1.165, 1.54) is 5.69 Å². The Morgan fingerprint density at radius 2 is 1.81 bits per heavy atom. The molecule has 3 N–H and O–H groups in total. The van der Waals surface area contributed by atoms with Gasteiger partial charge in [0.2, 0.25) is 5.95 Å². The van der Waals surface area contributed by atoms with Gasteiger partial charge in [-0.1, -0.05) is 19.9 Å². The van der Waals surface area contributed by atoms with Gasteiger partial charge < -0.3 is 25.4 Å². The highest BCUT2D eigenvalue weighted by Gasteiger charge is 2.16. The molecular weight excluding hydrogens is 404 g/mol. The second kappa shape index (κ2) is 10.4. The van der Waals surface area contributed by atoms with Gasteiger partial charge in [0.05, 0.1) is 37.3 Å². The quantitative estimate of drug-likeness (QED) is 0.495. The summed E-state index contributed by atoms with van der Waals surface area (Å²) < 4.78 is 5.44. The van der Waals surface area contributed by atoms with Gasteiger partial charge in [0.15, 0.2) is 0 Å². The van der Waals surface area contributed by atoms with Crippen molar-refractivity contribution in [2.75, 3.05) is 48.4 Å². The summed E-state index contributed by atoms with van der Waals surface area (Å²) in [5.41, 5.74) is 3.58. The van der Waals surface area contributed by atoms with Crippen molar-refractivity contribution in [3.63, 3.8) is 0 Å². The second-order valence-electron chi connectivity index (χ2n) is 8.13. The molecule has 1 aliphatic heterocycles. The standard InChI is InChI=1S/C24H30N6O2/c1-17(2)22(16-31)28-24-27-21(20-5-3-4-10-25-20)15-23(29-24)26-18-6-8-19(9-7-18)30-11-13-32-14-12-30/h3-10,15,17,22,31H,11-14,16H2,1-2H3,(H2,26,27,28,29)/t22-/m1/s1. The van der Waals surface area contributed by atoms with E-state index >= 15 is 0 Å². The van der Waals surface area contributed by atoms with Crippen LogP contribution in [0.25, 0.3) is 11.4 Å². The third-order valence-corrected chi connectivity index (χ3v) is 5.49. The number of hydrogen-bond donors (Lipinski definition) is 3. The van der Waals surface area contributed by atoms with Crippen LogP contribution in [0, 0.1) is 5.92 Å². The number of hydrogen-bond acceptors (Lipinski definition) is 8. The molecule has 1 saturated heterocycles. The summed E-state index contributed by atoms with van der Waals surface area (Å²) in [6.45, 7) is 7.43. The van der Waals surface area contributed by atoms with E-state index in [9.17, 15) is 5.11 Å². The van der Waals surface area contributed by atoms with E-state index in [2.05, 4.69) is 42.6 Å². The van der Waals surface area contributed by atoms with E-state index < -0.39 is 0 Å². The first-order chi connectivity index (χ1) is 15.6. The molecule has 0 spiro atoms. The molecule has 3 heterocycles. The molecule has 0 radical (unpaired) electrons. The number of pyridine rings is 1. The van der Waals surface area contributed by atoms with Crippen LogP contribution >= 0.6 is 0 Å². The fourth-order valence-corrected chi connectivity index (χ4v) is 3.54. The molecule has 0 bridgehead atoms. The molecule has 3 aromatic rings. The molecule has 32 heavy (non-hydrogen) atoms. The number of aliphatic hydroxyl groups excluding tert-OH is 1. The number of ether oxygens (including phenoxy) is 1. The summed E-state index contributed by atoms with van der Waals surface area (Å²) in [4.78, 5) is 16.0. The molecule has 2 aromatic heterocycles. The molecule has 168 valence electrons. The van der Waals surface area contributed by atoms with Gasteiger partial charge in [-0.15, -0.1) is 0 Å². The first-order valence-electron chi connectivity index (χ1n) is 11.0. The molecule has 1 atom stereocenters. The highest BCUT2D eigenvalue weighted by molar-refractivity contribution is 5.66. The highest BCUT2D eigenvalue weighted by atomic mass is 16.5. The summed E-state index contributed by atoms with van der Waals surface area (Å²) in [5.74, 6) is 1.34. The van der Waals surface area contributed by atoms with Crippen molar-refractivity contribution in [1.29, 1.82) is 0 Å². The van der Waals surface area contributed by atoms with E-state index in [-0.39, 0.29) is 18.6 Å². The van der Waals surface area contributed by atoms with Crippen LogP contribution in [-0.4, -0.2) is 59.0 Å². The van der Waals surface area contributed by atoms with E-state index in [1.54, 1.807) is 6.20 Å². The number of nitrogens with zero attached hydrogens (tertiary/aromatic N) is 4. The predicted octanol–water partition coefficient (Wildman–Crippen LogP) is 3.55. The Hall–Kier alpha value is -3.23. The zero-order chi connectivity index (χ0) is 22.3. The van der Waals surface area contributed by atoms with Crippen LogP contribution in [0.4, 0.5) is 23.1 Å². The first kappa shape index (κ1) is 22.0. The molecule has 1 aliphatic rings. The molecule has 1 fully saturated rings. The maximum Gasteiger partial charge on any atom is 0.225 e. The number of aromatic nitrogens is 3. The van der Waals surface area contributed by atoms with E-state index in [4.69, 9.17) is 4.74 Å². The molecule has 0 saturated carbocycles. The maximum atomic E-state index is 9.72. The number of morpholine rings is 1. The van der Waals surface area contributed by atoms with Crippen molar-refractivity contribution in [3.8, 4) is 11.4 Å². The molecule has 0 amide bonds. The highest BCUT2D eigenvalue weighted by Crippen LogP contribution is 2.25. The number of anilines is 4. The van der Waals surface area contributed by atoms with E-state index in [0.717, 1.165) is 37.7 Å². The van der Waals surface area contributed by atoms with Crippen molar-refractivity contribution in [1.82, 2.24) is 15.0 Å². The average molecular weight is 435 g/mol. The van der Waals surface area contributed by atoms with Crippen LogP contribution in [-0.2, 0) is 4.74 Å². The number of rotatable bonds is 8. The van der Waals surface area contributed by atoms with Gasteiger partial charge in [-0.25, -0.2) is 4.98 Å². The zero-order valence-corrected chi connectivity index (χ0v) is 18.5. The second-order valence-corrected chi connectivity index (χ2v) is 8.13. The van der Waals surface area contributed by atoms with Gasteiger partial charge >= 0.3 is 0 Å². The lowest BCUT2D eigenvalue weighted by Crippen LogP contribution is -2.36. The summed E-state index contributed by atoms with van der Waals surface area (Å²) in [6, 6.07) is 15.8. The van der Waals surface area contributed by atoms with Crippen molar-refractivity contribution in [3.05, 3.63) is 54.7 Å². The number of aliphatic hydroxyl groups is 1. The molecular formula is C24H30N6O2.